The molecule has 0 radical (unpaired) electrons. The van der Waals surface area contributed by atoms with Crippen molar-refractivity contribution in [2.75, 3.05) is 17.2 Å². The van der Waals surface area contributed by atoms with Gasteiger partial charge in [-0.15, -0.1) is 0 Å². The normalized spacial score (nSPS) is 10.3. The van der Waals surface area contributed by atoms with Gasteiger partial charge in [-0.3, -0.25) is 4.98 Å². The number of rotatable bonds is 4. The average molecular weight is 242 g/mol. The molecular weight excluding hydrogens is 224 g/mol. The summed E-state index contributed by atoms with van der Waals surface area (Å²) in [6.07, 6.45) is 1.80. The Bertz CT molecular complexity index is 510. The molecule has 0 atom stereocenters. The lowest BCUT2D eigenvalue weighted by Gasteiger charge is -2.23. The molecule has 0 aliphatic carbocycles. The molecule has 94 valence electrons. The maximum Gasteiger partial charge on any atom is 0.152 e. The summed E-state index contributed by atoms with van der Waals surface area (Å²) in [5.41, 5.74) is 8.69. The minimum absolute atomic E-state index is 0.707. The van der Waals surface area contributed by atoms with E-state index in [1.165, 1.54) is 0 Å². The highest BCUT2D eigenvalue weighted by Crippen LogP contribution is 2.21. The van der Waals surface area contributed by atoms with Gasteiger partial charge in [-0.25, -0.2) is 4.98 Å². The Hall–Kier alpha value is -2.10. The zero-order valence-corrected chi connectivity index (χ0v) is 10.8. The summed E-state index contributed by atoms with van der Waals surface area (Å²) in [7, 11) is 0. The minimum atomic E-state index is 0.707. The number of anilines is 2. The fourth-order valence-electron chi connectivity index (χ4n) is 1.83. The molecule has 2 aromatic heterocycles. The van der Waals surface area contributed by atoms with E-state index in [1.807, 2.05) is 37.3 Å². The number of nitrogens with two attached hydrogens (primary N) is 1. The highest BCUT2D eigenvalue weighted by molar-refractivity contribution is 5.62. The van der Waals surface area contributed by atoms with E-state index in [9.17, 15) is 0 Å². The Morgan fingerprint density at radius 1 is 1.22 bits per heavy atom. The first-order valence-electron chi connectivity index (χ1n) is 6.08. The molecule has 2 aromatic rings. The third-order valence-corrected chi connectivity index (χ3v) is 2.80. The Balaban J connectivity index is 2.26. The van der Waals surface area contributed by atoms with Crippen LogP contribution in [0.2, 0.25) is 0 Å². The third kappa shape index (κ3) is 2.77. The third-order valence-electron chi connectivity index (χ3n) is 2.80. The molecule has 4 nitrogen and oxygen atoms in total. The summed E-state index contributed by atoms with van der Waals surface area (Å²) in [6, 6.07) is 9.74. The van der Waals surface area contributed by atoms with E-state index in [-0.39, 0.29) is 0 Å². The highest BCUT2D eigenvalue weighted by atomic mass is 15.2. The van der Waals surface area contributed by atoms with Crippen molar-refractivity contribution in [1.82, 2.24) is 9.97 Å². The summed E-state index contributed by atoms with van der Waals surface area (Å²) >= 11 is 0. The largest absolute Gasteiger partial charge is 0.396 e. The van der Waals surface area contributed by atoms with E-state index in [4.69, 9.17) is 5.73 Å². The van der Waals surface area contributed by atoms with Crippen LogP contribution < -0.4 is 10.6 Å². The molecule has 0 saturated heterocycles. The second-order valence-electron chi connectivity index (χ2n) is 4.20. The molecule has 4 heteroatoms. The Morgan fingerprint density at radius 3 is 2.72 bits per heavy atom. The number of hydrogen-bond acceptors (Lipinski definition) is 4. The number of aryl methyl sites for hydroxylation is 1. The van der Waals surface area contributed by atoms with Crippen molar-refractivity contribution in [2.24, 2.45) is 0 Å². The van der Waals surface area contributed by atoms with Crippen LogP contribution in [0.1, 0.15) is 18.3 Å². The molecule has 0 bridgehead atoms. The van der Waals surface area contributed by atoms with Crippen LogP contribution in [0, 0.1) is 6.92 Å². The van der Waals surface area contributed by atoms with Gasteiger partial charge in [0.05, 0.1) is 17.9 Å². The molecule has 2 heterocycles. The summed E-state index contributed by atoms with van der Waals surface area (Å²) in [5.74, 6) is 0.836. The number of nitrogen functional groups attached to an aromatic ring is 1. The van der Waals surface area contributed by atoms with Gasteiger partial charge < -0.3 is 10.6 Å². The molecule has 18 heavy (non-hydrogen) atoms. The molecule has 0 fully saturated rings. The van der Waals surface area contributed by atoms with Crippen LogP contribution in [0.5, 0.6) is 0 Å². The van der Waals surface area contributed by atoms with Gasteiger partial charge in [0.2, 0.25) is 0 Å². The summed E-state index contributed by atoms with van der Waals surface area (Å²) in [6.45, 7) is 5.62. The van der Waals surface area contributed by atoms with E-state index >= 15 is 0 Å². The van der Waals surface area contributed by atoms with Crippen LogP contribution in [0.15, 0.2) is 36.5 Å². The molecule has 0 spiro atoms. The van der Waals surface area contributed by atoms with Gasteiger partial charge in [0.1, 0.15) is 0 Å². The summed E-state index contributed by atoms with van der Waals surface area (Å²) in [4.78, 5) is 11.0. The topological polar surface area (TPSA) is 55.0 Å². The van der Waals surface area contributed by atoms with Crippen LogP contribution in [-0.4, -0.2) is 16.5 Å². The number of hydrogen-bond donors (Lipinski definition) is 1. The second-order valence-corrected chi connectivity index (χ2v) is 4.20. The van der Waals surface area contributed by atoms with Crippen molar-refractivity contribution in [3.63, 3.8) is 0 Å². The Morgan fingerprint density at radius 2 is 2.06 bits per heavy atom. The fraction of sp³-hybridized carbons (Fsp3) is 0.286. The van der Waals surface area contributed by atoms with Crippen molar-refractivity contribution in [3.05, 3.63) is 47.9 Å². The van der Waals surface area contributed by atoms with E-state index < -0.39 is 0 Å². The van der Waals surface area contributed by atoms with Crippen LogP contribution in [-0.2, 0) is 6.54 Å². The Kier molecular flexibility index (Phi) is 3.77. The van der Waals surface area contributed by atoms with Gasteiger partial charge in [0, 0.05) is 18.4 Å². The quantitative estimate of drug-likeness (QED) is 0.894. The fourth-order valence-corrected chi connectivity index (χ4v) is 1.83. The smallest absolute Gasteiger partial charge is 0.152 e. The molecule has 0 saturated carbocycles. The maximum atomic E-state index is 5.99. The molecule has 0 unspecified atom stereocenters. The van der Waals surface area contributed by atoms with Gasteiger partial charge in [0.25, 0.3) is 0 Å². The standard InChI is InChI=1S/C14H18N4/c1-3-18(10-12-6-4-5-9-16-12)14-13(15)8-7-11(2)17-14/h4-9H,3,10,15H2,1-2H3. The lowest BCUT2D eigenvalue weighted by molar-refractivity contribution is 0.793. The maximum absolute atomic E-state index is 5.99. The first-order chi connectivity index (χ1) is 8.70. The zero-order chi connectivity index (χ0) is 13.0. The predicted octanol–water partition coefficient (Wildman–Crippen LogP) is 2.39. The van der Waals surface area contributed by atoms with Gasteiger partial charge in [-0.05, 0) is 38.1 Å². The van der Waals surface area contributed by atoms with Gasteiger partial charge >= 0.3 is 0 Å². The predicted molar refractivity (Wildman–Crippen MR) is 74.3 cm³/mol. The molecule has 2 N–H and O–H groups in total. The van der Waals surface area contributed by atoms with E-state index in [1.54, 1.807) is 6.20 Å². The monoisotopic (exact) mass is 242 g/mol. The first-order valence-corrected chi connectivity index (χ1v) is 6.08. The van der Waals surface area contributed by atoms with Crippen molar-refractivity contribution in [2.45, 2.75) is 20.4 Å². The summed E-state index contributed by atoms with van der Waals surface area (Å²) in [5, 5.41) is 0. The lowest BCUT2D eigenvalue weighted by Crippen LogP contribution is -2.24. The van der Waals surface area contributed by atoms with E-state index in [0.29, 0.717) is 5.69 Å². The zero-order valence-electron chi connectivity index (χ0n) is 10.8. The van der Waals surface area contributed by atoms with Crippen molar-refractivity contribution < 1.29 is 0 Å². The molecule has 0 aliphatic rings. The van der Waals surface area contributed by atoms with Crippen LogP contribution in [0.3, 0.4) is 0 Å². The SMILES string of the molecule is CCN(Cc1ccccn1)c1nc(C)ccc1N. The minimum Gasteiger partial charge on any atom is -0.396 e. The van der Waals surface area contributed by atoms with Gasteiger partial charge in [0.15, 0.2) is 5.82 Å². The molecular formula is C14H18N4. The van der Waals surface area contributed by atoms with Crippen molar-refractivity contribution in [1.29, 1.82) is 0 Å². The molecule has 0 amide bonds. The van der Waals surface area contributed by atoms with E-state index in [2.05, 4.69) is 21.8 Å². The number of pyridine rings is 2. The molecule has 0 aliphatic heterocycles. The highest BCUT2D eigenvalue weighted by Gasteiger charge is 2.11. The van der Waals surface area contributed by atoms with Gasteiger partial charge in [-0.2, -0.15) is 0 Å². The molecule has 0 aromatic carbocycles. The first kappa shape index (κ1) is 12.4. The lowest BCUT2D eigenvalue weighted by atomic mass is 10.3. The second kappa shape index (κ2) is 5.49. The van der Waals surface area contributed by atoms with Crippen molar-refractivity contribution >= 4 is 11.5 Å². The summed E-state index contributed by atoms with van der Waals surface area (Å²) < 4.78 is 0. The van der Waals surface area contributed by atoms with E-state index in [0.717, 1.165) is 30.3 Å². The van der Waals surface area contributed by atoms with Crippen LogP contribution in [0.4, 0.5) is 11.5 Å². The van der Waals surface area contributed by atoms with Crippen molar-refractivity contribution in [3.8, 4) is 0 Å². The number of nitrogens with zero attached hydrogens (tertiary/aromatic N) is 3. The number of aromatic nitrogens is 2. The van der Waals surface area contributed by atoms with Gasteiger partial charge in [-0.1, -0.05) is 6.07 Å². The Labute approximate surface area is 107 Å². The average Bonchev–Trinajstić information content (AvgIpc) is 2.40. The van der Waals surface area contributed by atoms with Crippen LogP contribution in [0.25, 0.3) is 0 Å². The van der Waals surface area contributed by atoms with Crippen LogP contribution >= 0.6 is 0 Å². The molecule has 2 rings (SSSR count).